The van der Waals surface area contributed by atoms with Gasteiger partial charge in [-0.2, -0.15) is 0 Å². The van der Waals surface area contributed by atoms with Gasteiger partial charge in [-0.05, 0) is 58.4 Å². The van der Waals surface area contributed by atoms with Crippen LogP contribution < -0.4 is 21.2 Å². The lowest BCUT2D eigenvalue weighted by Crippen LogP contribution is -2.45. The molecule has 0 bridgehead atoms. The highest BCUT2D eigenvalue weighted by atomic mass is 79.9. The third-order valence-electron chi connectivity index (χ3n) is 3.50. The third kappa shape index (κ3) is 4.92. The second-order valence-corrected chi connectivity index (χ2v) is 7.70. The number of rotatable bonds is 4. The van der Waals surface area contributed by atoms with Crippen LogP contribution in [0.3, 0.4) is 0 Å². The van der Waals surface area contributed by atoms with Gasteiger partial charge in [0.15, 0.2) is 12.2 Å². The number of benzene rings is 2. The summed E-state index contributed by atoms with van der Waals surface area (Å²) in [5, 5.41) is 1.07. The molecule has 0 radical (unpaired) electrons. The van der Waals surface area contributed by atoms with Crippen molar-refractivity contribution in [3.63, 3.8) is 0 Å². The summed E-state index contributed by atoms with van der Waals surface area (Å²) in [5.74, 6) is -0.984. The summed E-state index contributed by atoms with van der Waals surface area (Å²) in [6, 6.07) is 11.2. The second-order valence-electron chi connectivity index (χ2n) is 5.50. The number of carbonyl (C=O) groups excluding carboxylic acids is 2. The molecule has 0 spiro atoms. The maximum absolute atomic E-state index is 12.2. The zero-order valence-corrected chi connectivity index (χ0v) is 17.9. The monoisotopic (exact) mass is 528 g/mol. The van der Waals surface area contributed by atoms with Crippen molar-refractivity contribution in [2.75, 3.05) is 6.61 Å². The van der Waals surface area contributed by atoms with Crippen LogP contribution in [0.2, 0.25) is 5.02 Å². The summed E-state index contributed by atoms with van der Waals surface area (Å²) in [5.41, 5.74) is 3.55. The van der Waals surface area contributed by atoms with Crippen LogP contribution in [0.25, 0.3) is 11.0 Å². The molecule has 7 nitrogen and oxygen atoms in total. The average molecular weight is 531 g/mol. The predicted octanol–water partition coefficient (Wildman–Crippen LogP) is 3.81. The van der Waals surface area contributed by atoms with Gasteiger partial charge in [-0.15, -0.1) is 0 Å². The van der Waals surface area contributed by atoms with Crippen LogP contribution in [0.5, 0.6) is 5.75 Å². The van der Waals surface area contributed by atoms with Crippen molar-refractivity contribution >= 4 is 66.2 Å². The molecule has 2 amide bonds. The molecule has 2 N–H and O–H groups in total. The number of ether oxygens (including phenoxy) is 1. The van der Waals surface area contributed by atoms with E-state index in [9.17, 15) is 14.4 Å². The van der Waals surface area contributed by atoms with E-state index in [-0.39, 0.29) is 12.2 Å². The third-order valence-corrected chi connectivity index (χ3v) is 4.79. The predicted molar refractivity (Wildman–Crippen MR) is 110 cm³/mol. The second kappa shape index (κ2) is 8.76. The molecule has 0 aliphatic carbocycles. The molecule has 0 aliphatic heterocycles. The van der Waals surface area contributed by atoms with Crippen molar-refractivity contribution in [2.24, 2.45) is 0 Å². The molecule has 144 valence electrons. The first-order valence-electron chi connectivity index (χ1n) is 7.74. The summed E-state index contributed by atoms with van der Waals surface area (Å²) < 4.78 is 11.7. The van der Waals surface area contributed by atoms with E-state index in [1.165, 1.54) is 6.07 Å². The number of hydrogen-bond donors (Lipinski definition) is 2. The van der Waals surface area contributed by atoms with E-state index in [0.717, 1.165) is 4.47 Å². The van der Waals surface area contributed by atoms with E-state index in [0.29, 0.717) is 26.2 Å². The van der Waals surface area contributed by atoms with Crippen molar-refractivity contribution in [2.45, 2.75) is 0 Å². The minimum Gasteiger partial charge on any atom is -0.484 e. The fourth-order valence-electron chi connectivity index (χ4n) is 2.23. The summed E-state index contributed by atoms with van der Waals surface area (Å²) >= 11 is 12.4. The molecule has 3 rings (SSSR count). The molecule has 0 atom stereocenters. The first kappa shape index (κ1) is 20.4. The number of halogens is 3. The zero-order chi connectivity index (χ0) is 20.3. The lowest BCUT2D eigenvalue weighted by atomic mass is 10.2. The first-order valence-corrected chi connectivity index (χ1v) is 9.70. The Hall–Kier alpha value is -2.36. The highest BCUT2D eigenvalue weighted by Crippen LogP contribution is 2.27. The Labute approximate surface area is 180 Å². The number of hydrogen-bond acceptors (Lipinski definition) is 5. The van der Waals surface area contributed by atoms with Crippen LogP contribution >= 0.6 is 43.5 Å². The zero-order valence-electron chi connectivity index (χ0n) is 13.9. The lowest BCUT2D eigenvalue weighted by molar-refractivity contribution is -0.123. The Bertz CT molecular complexity index is 1120. The van der Waals surface area contributed by atoms with Crippen molar-refractivity contribution in [3.05, 3.63) is 72.4 Å². The van der Waals surface area contributed by atoms with Gasteiger partial charge in [-0.25, -0.2) is 4.79 Å². The van der Waals surface area contributed by atoms with Crippen molar-refractivity contribution < 1.29 is 18.7 Å². The summed E-state index contributed by atoms with van der Waals surface area (Å²) in [6.07, 6.45) is 0. The average Bonchev–Trinajstić information content (AvgIpc) is 2.66. The van der Waals surface area contributed by atoms with Crippen LogP contribution in [0.4, 0.5) is 0 Å². The van der Waals surface area contributed by atoms with Gasteiger partial charge in [-0.3, -0.25) is 20.4 Å². The van der Waals surface area contributed by atoms with Crippen LogP contribution in [0.1, 0.15) is 10.4 Å². The van der Waals surface area contributed by atoms with Gasteiger partial charge in [0.2, 0.25) is 0 Å². The largest absolute Gasteiger partial charge is 0.484 e. The fourth-order valence-corrected chi connectivity index (χ4v) is 3.69. The van der Waals surface area contributed by atoms with Gasteiger partial charge in [0.25, 0.3) is 11.8 Å². The van der Waals surface area contributed by atoms with E-state index in [1.807, 2.05) is 0 Å². The van der Waals surface area contributed by atoms with E-state index >= 15 is 0 Å². The van der Waals surface area contributed by atoms with E-state index in [4.69, 9.17) is 20.8 Å². The Balaban J connectivity index is 1.64. The van der Waals surface area contributed by atoms with Crippen molar-refractivity contribution in [1.29, 1.82) is 0 Å². The smallest absolute Gasteiger partial charge is 0.349 e. The first-order chi connectivity index (χ1) is 13.3. The van der Waals surface area contributed by atoms with Gasteiger partial charge in [0, 0.05) is 14.9 Å². The quantitative estimate of drug-likeness (QED) is 0.395. The number of amides is 2. The molecule has 10 heteroatoms. The molecule has 0 fully saturated rings. The fraction of sp³-hybridized carbons (Fsp3) is 0.0556. The van der Waals surface area contributed by atoms with Gasteiger partial charge in [0.05, 0.1) is 4.47 Å². The van der Waals surface area contributed by atoms with Gasteiger partial charge in [0.1, 0.15) is 11.3 Å². The maximum atomic E-state index is 12.2. The normalized spacial score (nSPS) is 10.5. The highest BCUT2D eigenvalue weighted by molar-refractivity contribution is 9.11. The SMILES string of the molecule is O=C(COc1ccc(Cl)cc1)NNC(=O)c1cc2cc(Br)cc(Br)c2oc1=O. The molecule has 0 aliphatic rings. The molecular weight excluding hydrogens is 519 g/mol. The minimum absolute atomic E-state index is 0.253. The van der Waals surface area contributed by atoms with E-state index in [2.05, 4.69) is 42.7 Å². The topological polar surface area (TPSA) is 97.6 Å². The maximum Gasteiger partial charge on any atom is 0.349 e. The molecular formula is C18H11Br2ClN2O5. The lowest BCUT2D eigenvalue weighted by Gasteiger charge is -2.09. The Morgan fingerprint density at radius 1 is 1.07 bits per heavy atom. The summed E-state index contributed by atoms with van der Waals surface area (Å²) in [4.78, 5) is 36.1. The van der Waals surface area contributed by atoms with Gasteiger partial charge in [-0.1, -0.05) is 27.5 Å². The molecule has 2 aromatic carbocycles. The number of fused-ring (bicyclic) bond motifs is 1. The number of carbonyl (C=O) groups is 2. The molecule has 3 aromatic rings. The summed E-state index contributed by atoms with van der Waals surface area (Å²) in [6.45, 7) is -0.339. The van der Waals surface area contributed by atoms with Crippen LogP contribution in [0.15, 0.2) is 60.6 Å². The molecule has 0 saturated heterocycles. The Morgan fingerprint density at radius 2 is 1.79 bits per heavy atom. The van der Waals surface area contributed by atoms with E-state index in [1.54, 1.807) is 36.4 Å². The van der Waals surface area contributed by atoms with Gasteiger partial charge >= 0.3 is 5.63 Å². The molecule has 1 heterocycles. The van der Waals surface area contributed by atoms with E-state index < -0.39 is 17.4 Å². The molecule has 0 saturated carbocycles. The van der Waals surface area contributed by atoms with Crippen LogP contribution in [-0.2, 0) is 4.79 Å². The van der Waals surface area contributed by atoms with Gasteiger partial charge < -0.3 is 9.15 Å². The van der Waals surface area contributed by atoms with Crippen LogP contribution in [0, 0.1) is 0 Å². The van der Waals surface area contributed by atoms with Crippen molar-refractivity contribution in [1.82, 2.24) is 10.9 Å². The Kier molecular flexibility index (Phi) is 6.38. The standard InChI is InChI=1S/C18H11Br2ClN2O5/c19-10-5-9-6-13(18(26)28-16(9)14(20)7-10)17(25)23-22-15(24)8-27-12-3-1-11(21)2-4-12/h1-7H,8H2,(H,22,24)(H,23,25). The molecule has 0 unspecified atom stereocenters. The minimum atomic E-state index is -0.834. The van der Waals surface area contributed by atoms with Crippen molar-refractivity contribution in [3.8, 4) is 5.75 Å². The Morgan fingerprint density at radius 3 is 2.50 bits per heavy atom. The number of hydrazine groups is 1. The number of nitrogens with one attached hydrogen (secondary N) is 2. The molecule has 28 heavy (non-hydrogen) atoms. The van der Waals surface area contributed by atoms with Crippen LogP contribution in [-0.4, -0.2) is 18.4 Å². The highest BCUT2D eigenvalue weighted by Gasteiger charge is 2.16. The summed E-state index contributed by atoms with van der Waals surface area (Å²) in [7, 11) is 0. The molecule has 1 aromatic heterocycles.